The van der Waals surface area contributed by atoms with E-state index in [1.807, 2.05) is 0 Å². The first-order chi connectivity index (χ1) is 17.3. The first kappa shape index (κ1) is 19.9. The number of hydrogen-bond donors (Lipinski definition) is 0. The molecule has 0 aliphatic rings. The lowest BCUT2D eigenvalue weighted by Crippen LogP contribution is -2.10. The van der Waals surface area contributed by atoms with E-state index in [0.29, 0.717) is 0 Å². The molecule has 0 saturated carbocycles. The van der Waals surface area contributed by atoms with Crippen LogP contribution in [0.15, 0.2) is 126 Å². The molecule has 7 rings (SSSR count). The van der Waals surface area contributed by atoms with Crippen molar-refractivity contribution in [3.8, 4) is 0 Å². The van der Waals surface area contributed by atoms with Crippen LogP contribution in [0, 0.1) is 6.92 Å². The van der Waals surface area contributed by atoms with Crippen molar-refractivity contribution in [3.63, 3.8) is 0 Å². The van der Waals surface area contributed by atoms with Gasteiger partial charge in [-0.1, -0.05) is 84.4 Å². The molecule has 0 fully saturated rings. The first-order valence-electron chi connectivity index (χ1n) is 11.9. The van der Waals surface area contributed by atoms with Gasteiger partial charge in [-0.3, -0.25) is 0 Å². The van der Waals surface area contributed by atoms with E-state index in [1.54, 1.807) is 0 Å². The molecule has 7 aromatic rings. The summed E-state index contributed by atoms with van der Waals surface area (Å²) >= 11 is 0. The molecule has 0 aliphatic heterocycles. The second-order valence-electron chi connectivity index (χ2n) is 9.12. The highest BCUT2D eigenvalue weighted by Crippen LogP contribution is 2.44. The Balaban J connectivity index is 1.60. The highest BCUT2D eigenvalue weighted by molar-refractivity contribution is 6.21. The summed E-state index contributed by atoms with van der Waals surface area (Å²) in [6.45, 7) is 2.13. The molecule has 1 aromatic heterocycles. The number of anilines is 3. The predicted molar refractivity (Wildman–Crippen MR) is 148 cm³/mol. The van der Waals surface area contributed by atoms with E-state index in [0.717, 1.165) is 49.8 Å². The molecule has 1 heterocycles. The van der Waals surface area contributed by atoms with Crippen molar-refractivity contribution < 1.29 is 4.42 Å². The maximum atomic E-state index is 6.52. The number of rotatable bonds is 3. The molecule has 0 N–H and O–H groups in total. The smallest absolute Gasteiger partial charge is 0.143 e. The van der Waals surface area contributed by atoms with Crippen LogP contribution in [-0.4, -0.2) is 0 Å². The maximum Gasteiger partial charge on any atom is 0.143 e. The van der Waals surface area contributed by atoms with Crippen molar-refractivity contribution in [2.45, 2.75) is 6.92 Å². The average Bonchev–Trinajstić information content (AvgIpc) is 3.27. The Labute approximate surface area is 203 Å². The van der Waals surface area contributed by atoms with Gasteiger partial charge in [-0.2, -0.15) is 0 Å². The van der Waals surface area contributed by atoms with Crippen molar-refractivity contribution in [3.05, 3.63) is 127 Å². The van der Waals surface area contributed by atoms with Gasteiger partial charge in [0.05, 0.1) is 5.69 Å². The maximum absolute atomic E-state index is 6.52. The number of para-hydroxylation sites is 1. The summed E-state index contributed by atoms with van der Waals surface area (Å²) in [6, 6.07) is 43.1. The monoisotopic (exact) mass is 449 g/mol. The van der Waals surface area contributed by atoms with Gasteiger partial charge in [0.2, 0.25) is 0 Å². The second-order valence-corrected chi connectivity index (χ2v) is 9.12. The minimum absolute atomic E-state index is 0.919. The first-order valence-corrected chi connectivity index (χ1v) is 11.9. The van der Waals surface area contributed by atoms with E-state index in [2.05, 4.69) is 133 Å². The fourth-order valence-electron chi connectivity index (χ4n) is 5.15. The standard InChI is InChI=1S/C33H23NO/c1-22-15-17-26(18-16-22)34(25-11-3-2-4-12-25)31-21-30-29-19-23-9-5-6-10-24(23)20-32(29)35-33(30)28-14-8-7-13-27(28)31/h2-21H,1H3. The third kappa shape index (κ3) is 3.18. The van der Waals surface area contributed by atoms with Crippen LogP contribution in [-0.2, 0) is 0 Å². The highest BCUT2D eigenvalue weighted by Gasteiger charge is 2.20. The van der Waals surface area contributed by atoms with Gasteiger partial charge in [0, 0.05) is 32.9 Å². The Morgan fingerprint density at radius 3 is 1.91 bits per heavy atom. The van der Waals surface area contributed by atoms with Crippen molar-refractivity contribution >= 4 is 60.5 Å². The van der Waals surface area contributed by atoms with E-state index < -0.39 is 0 Å². The quantitative estimate of drug-likeness (QED) is 0.267. The van der Waals surface area contributed by atoms with E-state index in [4.69, 9.17) is 4.42 Å². The van der Waals surface area contributed by atoms with E-state index in [-0.39, 0.29) is 0 Å². The average molecular weight is 450 g/mol. The summed E-state index contributed by atoms with van der Waals surface area (Å²) in [5, 5.41) is 6.96. The fraction of sp³-hybridized carbons (Fsp3) is 0.0303. The minimum atomic E-state index is 0.919. The van der Waals surface area contributed by atoms with Crippen molar-refractivity contribution in [1.29, 1.82) is 0 Å². The molecular weight excluding hydrogens is 426 g/mol. The summed E-state index contributed by atoms with van der Waals surface area (Å²) in [5.41, 5.74) is 6.49. The third-order valence-corrected chi connectivity index (χ3v) is 6.87. The van der Waals surface area contributed by atoms with E-state index in [9.17, 15) is 0 Å². The highest BCUT2D eigenvalue weighted by atomic mass is 16.3. The number of benzene rings is 6. The fourth-order valence-corrected chi connectivity index (χ4v) is 5.15. The van der Waals surface area contributed by atoms with Crippen LogP contribution in [0.1, 0.15) is 5.56 Å². The van der Waals surface area contributed by atoms with Crippen LogP contribution in [0.3, 0.4) is 0 Å². The summed E-state index contributed by atoms with van der Waals surface area (Å²) in [5.74, 6) is 0. The largest absolute Gasteiger partial charge is 0.455 e. The lowest BCUT2D eigenvalue weighted by atomic mass is 10.0. The number of aryl methyl sites for hydroxylation is 1. The number of furan rings is 1. The predicted octanol–water partition coefficient (Wildman–Crippen LogP) is 9.67. The molecule has 0 aliphatic carbocycles. The molecule has 0 radical (unpaired) electrons. The van der Waals surface area contributed by atoms with Gasteiger partial charge >= 0.3 is 0 Å². The molecule has 0 amide bonds. The molecule has 166 valence electrons. The summed E-state index contributed by atoms with van der Waals surface area (Å²) < 4.78 is 6.52. The zero-order valence-corrected chi connectivity index (χ0v) is 19.4. The van der Waals surface area contributed by atoms with E-state index >= 15 is 0 Å². The molecule has 0 saturated heterocycles. The Kier molecular flexibility index (Phi) is 4.40. The SMILES string of the molecule is Cc1ccc(N(c2ccccc2)c2cc3c4cc5ccccc5cc4oc3c3ccccc23)cc1. The second kappa shape index (κ2) is 7.75. The number of hydrogen-bond acceptors (Lipinski definition) is 2. The van der Waals surface area contributed by atoms with Crippen LogP contribution in [0.4, 0.5) is 17.1 Å². The number of fused-ring (bicyclic) bond motifs is 6. The van der Waals surface area contributed by atoms with Crippen molar-refractivity contribution in [1.82, 2.24) is 0 Å². The summed E-state index contributed by atoms with van der Waals surface area (Å²) in [4.78, 5) is 2.35. The minimum Gasteiger partial charge on any atom is -0.455 e. The van der Waals surface area contributed by atoms with Crippen LogP contribution in [0.25, 0.3) is 43.5 Å². The Hall–Kier alpha value is -4.56. The Morgan fingerprint density at radius 1 is 0.514 bits per heavy atom. The summed E-state index contributed by atoms with van der Waals surface area (Å²) in [7, 11) is 0. The third-order valence-electron chi connectivity index (χ3n) is 6.87. The van der Waals surface area contributed by atoms with Gasteiger partial charge < -0.3 is 9.32 Å². The molecule has 2 heteroatoms. The van der Waals surface area contributed by atoms with Crippen LogP contribution in [0.5, 0.6) is 0 Å². The van der Waals surface area contributed by atoms with Crippen molar-refractivity contribution in [2.24, 2.45) is 0 Å². The molecule has 6 aromatic carbocycles. The Morgan fingerprint density at radius 2 is 1.14 bits per heavy atom. The van der Waals surface area contributed by atoms with Gasteiger partial charge in [-0.25, -0.2) is 0 Å². The van der Waals surface area contributed by atoms with Gasteiger partial charge in [0.1, 0.15) is 11.2 Å². The Bertz CT molecular complexity index is 1850. The van der Waals surface area contributed by atoms with Gasteiger partial charge in [0.25, 0.3) is 0 Å². The van der Waals surface area contributed by atoms with Gasteiger partial charge in [-0.15, -0.1) is 0 Å². The zero-order valence-electron chi connectivity index (χ0n) is 19.4. The summed E-state index contributed by atoms with van der Waals surface area (Å²) in [6.07, 6.45) is 0. The molecule has 0 bridgehead atoms. The molecule has 0 spiro atoms. The normalized spacial score (nSPS) is 11.6. The number of nitrogens with zero attached hydrogens (tertiary/aromatic N) is 1. The van der Waals surface area contributed by atoms with Crippen molar-refractivity contribution in [2.75, 3.05) is 4.90 Å². The van der Waals surface area contributed by atoms with Crippen LogP contribution in [0.2, 0.25) is 0 Å². The van der Waals surface area contributed by atoms with Crippen LogP contribution < -0.4 is 4.90 Å². The van der Waals surface area contributed by atoms with Gasteiger partial charge in [0.15, 0.2) is 0 Å². The molecule has 0 unspecified atom stereocenters. The lowest BCUT2D eigenvalue weighted by molar-refractivity contribution is 0.673. The molecular formula is C33H23NO. The molecule has 0 atom stereocenters. The molecule has 35 heavy (non-hydrogen) atoms. The lowest BCUT2D eigenvalue weighted by Gasteiger charge is -2.27. The van der Waals surface area contributed by atoms with E-state index in [1.165, 1.54) is 16.3 Å². The topological polar surface area (TPSA) is 16.4 Å². The molecule has 2 nitrogen and oxygen atoms in total. The van der Waals surface area contributed by atoms with Crippen LogP contribution >= 0.6 is 0 Å². The zero-order chi connectivity index (χ0) is 23.4. The van der Waals surface area contributed by atoms with Gasteiger partial charge in [-0.05, 0) is 60.2 Å².